The molecule has 76 heavy (non-hydrogen) atoms. The zero-order valence-electron chi connectivity index (χ0n) is 44.4. The van der Waals surface area contributed by atoms with Gasteiger partial charge in [0.25, 0.3) is 10.0 Å². The summed E-state index contributed by atoms with van der Waals surface area (Å²) >= 11 is 0. The van der Waals surface area contributed by atoms with E-state index in [-0.39, 0.29) is 69.0 Å². The summed E-state index contributed by atoms with van der Waals surface area (Å²) in [5.74, 6) is -3.64. The molecule has 7 rings (SSSR count). The van der Waals surface area contributed by atoms with Gasteiger partial charge in [0.1, 0.15) is 41.1 Å². The van der Waals surface area contributed by atoms with Crippen molar-refractivity contribution in [3.8, 4) is 16.9 Å². The highest BCUT2D eigenvalue weighted by Crippen LogP contribution is 2.44. The largest absolute Gasteiger partial charge is 0.487 e. The zero-order chi connectivity index (χ0) is 55.1. The van der Waals surface area contributed by atoms with Gasteiger partial charge in [0.2, 0.25) is 35.5 Å². The predicted molar refractivity (Wildman–Crippen MR) is 288 cm³/mol. The molecule has 5 amide bonds. The zero-order valence-corrected chi connectivity index (χ0v) is 45.2. The van der Waals surface area contributed by atoms with Crippen LogP contribution >= 0.6 is 0 Å². The number of aliphatic carboxylic acids is 1. The quantitative estimate of drug-likeness (QED) is 0.0320. The van der Waals surface area contributed by atoms with E-state index in [1.807, 2.05) is 75.4 Å². The van der Waals surface area contributed by atoms with Crippen LogP contribution in [-0.2, 0) is 51.6 Å². The number of sulfonamides is 1. The number of nitrogens with two attached hydrogens (primary N) is 2. The highest BCUT2D eigenvalue weighted by atomic mass is 32.2. The molecule has 5 atom stereocenters. The van der Waals surface area contributed by atoms with E-state index in [0.717, 1.165) is 22.3 Å². The van der Waals surface area contributed by atoms with Crippen molar-refractivity contribution in [2.75, 3.05) is 19.6 Å². The first kappa shape index (κ1) is 56.9. The molecule has 0 radical (unpaired) electrons. The van der Waals surface area contributed by atoms with E-state index in [1.54, 1.807) is 19.9 Å². The first-order chi connectivity index (χ1) is 36.1. The van der Waals surface area contributed by atoms with Crippen LogP contribution in [0.2, 0.25) is 0 Å². The lowest BCUT2D eigenvalue weighted by Gasteiger charge is -2.43. The van der Waals surface area contributed by atoms with Gasteiger partial charge in [-0.1, -0.05) is 60.7 Å². The summed E-state index contributed by atoms with van der Waals surface area (Å²) in [7, 11) is -4.20. The maximum absolute atomic E-state index is 14.7. The number of hydrogen-bond donors (Lipinski definition) is 7. The second kappa shape index (κ2) is 24.0. The maximum atomic E-state index is 14.7. The van der Waals surface area contributed by atoms with Crippen LogP contribution in [0.1, 0.15) is 119 Å². The smallest absolute Gasteiger partial charge is 0.326 e. The van der Waals surface area contributed by atoms with Crippen LogP contribution in [0.3, 0.4) is 0 Å². The van der Waals surface area contributed by atoms with Crippen LogP contribution in [0, 0.1) is 20.8 Å². The van der Waals surface area contributed by atoms with Crippen molar-refractivity contribution in [3.05, 3.63) is 95.1 Å². The van der Waals surface area contributed by atoms with Gasteiger partial charge < -0.3 is 47.1 Å². The number of carboxylic acid groups (broad SMARTS) is 1. The standard InChI is InChI=1S/C56H75N9O10S/c1-7-8-10-22-41(57)48(66)60-43(32-37-18-13-21-39(31-37)38-19-11-9-12-20-38)51(69)64-29-15-24-44(64)49(67)62-56(26-17-27-56)53(72)61-42(50(68)65-30-16-25-45(65)52(70)71)23-14-28-59-54(58)63-76(73,74)47-35(3)34(2)46-40(36(47)4)33-55(5,6)75-46/h7,9,11-13,18-21,31,41-45H,1,8,10,14-17,22-30,32-33,57H2,2-6H3,(H,60,66)(H,61,72)(H,62,67)(H,70,71)(H3,58,59,63)/t41-,42-,43-,44-,45-/m0/s1. The number of nitrogens with one attached hydrogen (secondary N) is 4. The highest BCUT2D eigenvalue weighted by molar-refractivity contribution is 7.90. The Balaban J connectivity index is 1.05. The number of nitrogens with zero attached hydrogens (tertiary/aromatic N) is 3. The second-order valence-corrected chi connectivity index (χ2v) is 23.0. The third-order valence-corrected chi connectivity index (χ3v) is 17.0. The van der Waals surface area contributed by atoms with E-state index in [1.165, 1.54) is 9.80 Å². The van der Waals surface area contributed by atoms with Gasteiger partial charge in [-0.25, -0.2) is 17.9 Å². The van der Waals surface area contributed by atoms with Gasteiger partial charge in [-0.3, -0.25) is 29.0 Å². The molecule has 0 aromatic heterocycles. The lowest BCUT2D eigenvalue weighted by molar-refractivity contribution is -0.150. The van der Waals surface area contributed by atoms with Gasteiger partial charge >= 0.3 is 5.97 Å². The molecule has 3 aromatic rings. The number of aliphatic imine (C=N–C) groups is 1. The van der Waals surface area contributed by atoms with Gasteiger partial charge in [0, 0.05) is 38.0 Å². The maximum Gasteiger partial charge on any atom is 0.326 e. The molecule has 410 valence electrons. The van der Waals surface area contributed by atoms with Gasteiger partial charge in [-0.15, -0.1) is 6.58 Å². The number of carboxylic acids is 1. The number of ether oxygens (including phenoxy) is 1. The van der Waals surface area contributed by atoms with Crippen molar-refractivity contribution in [2.45, 2.75) is 171 Å². The fraction of sp³-hybridized carbons (Fsp3) is 0.518. The number of fused-ring (bicyclic) bond motifs is 1. The molecule has 1 aliphatic carbocycles. The van der Waals surface area contributed by atoms with Gasteiger partial charge in [-0.2, -0.15) is 0 Å². The van der Waals surface area contributed by atoms with E-state index in [9.17, 15) is 42.3 Å². The van der Waals surface area contributed by atoms with Crippen LogP contribution in [0.4, 0.5) is 0 Å². The highest BCUT2D eigenvalue weighted by Gasteiger charge is 2.50. The molecule has 3 heterocycles. The Hall–Kier alpha value is -6.80. The number of likely N-dealkylation sites (tertiary alicyclic amines) is 2. The van der Waals surface area contributed by atoms with Crippen molar-refractivity contribution in [3.63, 3.8) is 0 Å². The van der Waals surface area contributed by atoms with E-state index in [4.69, 9.17) is 16.2 Å². The Morgan fingerprint density at radius 2 is 1.51 bits per heavy atom. The minimum atomic E-state index is -4.20. The van der Waals surface area contributed by atoms with E-state index < -0.39 is 86.9 Å². The topological polar surface area (TPSA) is 285 Å². The molecule has 2 saturated heterocycles. The molecule has 4 aliphatic rings. The average molecular weight is 1070 g/mol. The fourth-order valence-corrected chi connectivity index (χ4v) is 12.5. The minimum absolute atomic E-state index is 0.0246. The monoisotopic (exact) mass is 1070 g/mol. The van der Waals surface area contributed by atoms with Crippen molar-refractivity contribution < 1.29 is 47.0 Å². The summed E-state index contributed by atoms with van der Waals surface area (Å²) in [6.45, 7) is 13.2. The van der Waals surface area contributed by atoms with Crippen LogP contribution in [0.5, 0.6) is 5.75 Å². The predicted octanol–water partition coefficient (Wildman–Crippen LogP) is 4.37. The lowest BCUT2D eigenvalue weighted by Crippen LogP contribution is -2.67. The summed E-state index contributed by atoms with van der Waals surface area (Å²) in [5, 5.41) is 18.7. The first-order valence-corrected chi connectivity index (χ1v) is 28.0. The number of carbonyl (C=O) groups is 6. The van der Waals surface area contributed by atoms with Crippen LogP contribution in [0.25, 0.3) is 11.1 Å². The van der Waals surface area contributed by atoms with Gasteiger partial charge in [0.05, 0.1) is 10.9 Å². The molecule has 0 bridgehead atoms. The molecular weight excluding hydrogens is 991 g/mol. The number of carbonyl (C=O) groups excluding carboxylic acids is 5. The molecule has 0 unspecified atom stereocenters. The van der Waals surface area contributed by atoms with Crippen LogP contribution in [0.15, 0.2) is 77.1 Å². The van der Waals surface area contributed by atoms with Crippen LogP contribution in [-0.4, -0.2) is 126 Å². The molecule has 1 saturated carbocycles. The molecule has 3 fully saturated rings. The number of unbranched alkanes of at least 4 members (excludes halogenated alkanes) is 1. The number of allylic oxidation sites excluding steroid dienone is 1. The van der Waals surface area contributed by atoms with Crippen molar-refractivity contribution in [1.82, 2.24) is 30.5 Å². The molecule has 3 aromatic carbocycles. The Bertz CT molecular complexity index is 2850. The third kappa shape index (κ3) is 12.9. The third-order valence-electron chi connectivity index (χ3n) is 15.3. The SMILES string of the molecule is C=CCCC[C@H](N)C(=O)N[C@@H](Cc1cccc(-c2ccccc2)c1)C(=O)N1CCC[C@H]1C(=O)NC1(C(=O)N[C@@H](CCCN=C(N)NS(=O)(=O)c2c(C)c(C)c3c(c2C)CC(C)(C)O3)C(=O)N2CCC[C@H]2C(=O)O)CCC1. The minimum Gasteiger partial charge on any atom is -0.487 e. The fourth-order valence-electron chi connectivity index (χ4n) is 11.0. The number of rotatable bonds is 22. The van der Waals surface area contributed by atoms with E-state index >= 15 is 0 Å². The molecule has 20 heteroatoms. The molecular formula is C56H75N9O10S. The number of guanidine groups is 1. The Labute approximate surface area is 446 Å². The normalized spacial score (nSPS) is 19.8. The number of amides is 5. The summed E-state index contributed by atoms with van der Waals surface area (Å²) in [5.41, 5.74) is 15.8. The summed E-state index contributed by atoms with van der Waals surface area (Å²) in [4.78, 5) is 90.8. The Kier molecular flexibility index (Phi) is 18.0. The number of benzene rings is 3. The average Bonchev–Trinajstić information content (AvgIpc) is 4.14. The lowest BCUT2D eigenvalue weighted by atomic mass is 9.75. The summed E-state index contributed by atoms with van der Waals surface area (Å²) in [6, 6.07) is 12.2. The van der Waals surface area contributed by atoms with Crippen LogP contribution < -0.4 is 36.9 Å². The molecule has 0 spiro atoms. The van der Waals surface area contributed by atoms with Crippen molar-refractivity contribution in [2.24, 2.45) is 16.5 Å². The Morgan fingerprint density at radius 1 is 0.855 bits per heavy atom. The van der Waals surface area contributed by atoms with Crippen molar-refractivity contribution >= 4 is 51.5 Å². The van der Waals surface area contributed by atoms with E-state index in [0.29, 0.717) is 73.8 Å². The van der Waals surface area contributed by atoms with E-state index in [2.05, 4.69) is 32.2 Å². The Morgan fingerprint density at radius 3 is 2.17 bits per heavy atom. The molecule has 3 aliphatic heterocycles. The second-order valence-electron chi connectivity index (χ2n) is 21.4. The summed E-state index contributed by atoms with van der Waals surface area (Å²) < 4.78 is 36.2. The first-order valence-electron chi connectivity index (χ1n) is 26.5. The van der Waals surface area contributed by atoms with Gasteiger partial charge in [0.15, 0.2) is 0 Å². The van der Waals surface area contributed by atoms with Gasteiger partial charge in [-0.05, 0) is 145 Å². The molecule has 9 N–H and O–H groups in total. The summed E-state index contributed by atoms with van der Waals surface area (Å²) in [6.07, 6.45) is 6.70. The number of hydrogen-bond acceptors (Lipinski definition) is 11. The van der Waals surface area contributed by atoms with Crippen molar-refractivity contribution in [1.29, 1.82) is 0 Å². The molecule has 19 nitrogen and oxygen atoms in total.